The second-order valence-corrected chi connectivity index (χ2v) is 7.39. The highest BCUT2D eigenvalue weighted by Crippen LogP contribution is 2.28. The largest absolute Gasteiger partial charge is 0.314 e. The first-order valence-corrected chi connectivity index (χ1v) is 10.5. The molecule has 0 spiro atoms. The molecule has 0 aliphatic heterocycles. The summed E-state index contributed by atoms with van der Waals surface area (Å²) in [6.07, 6.45) is 0. The first-order valence-electron chi connectivity index (χ1n) is 10.5. The third-order valence-electron chi connectivity index (χ3n) is 5.31. The number of nitrogens with one attached hydrogen (secondary N) is 3. The van der Waals surface area contributed by atoms with Crippen LogP contribution in [0, 0.1) is 0 Å². The van der Waals surface area contributed by atoms with Gasteiger partial charge < -0.3 is 16.0 Å². The van der Waals surface area contributed by atoms with Gasteiger partial charge in [-0.1, -0.05) is 78.9 Å². The normalized spacial score (nSPS) is 11.3. The fourth-order valence-corrected chi connectivity index (χ4v) is 3.82. The van der Waals surface area contributed by atoms with Crippen molar-refractivity contribution in [2.24, 2.45) is 0 Å². The smallest absolute Gasteiger partial charge is 0.0218 e. The second-order valence-electron chi connectivity index (χ2n) is 7.39. The number of hydrogen-bond donors (Lipinski definition) is 3. The van der Waals surface area contributed by atoms with Crippen LogP contribution in [0.1, 0.15) is 11.1 Å². The summed E-state index contributed by atoms with van der Waals surface area (Å²) in [5.41, 5.74) is 2.72. The fraction of sp³-hybridized carbons (Fsp3) is 0.231. The zero-order valence-electron chi connectivity index (χ0n) is 16.8. The highest BCUT2D eigenvalue weighted by molar-refractivity contribution is 6.02. The van der Waals surface area contributed by atoms with Crippen molar-refractivity contribution in [3.8, 4) is 0 Å². The first kappa shape index (κ1) is 19.6. The standard InChI is InChI=1S/C26H29N3/c1-2-8-21(9-3-1)19-28-16-14-27-15-17-29-20-26-24-12-6-4-10-22(24)18-23-11-5-7-13-25(23)26/h1-13,18,27-29H,14-17,19-20H2. The van der Waals surface area contributed by atoms with Crippen molar-refractivity contribution >= 4 is 21.5 Å². The molecule has 3 nitrogen and oxygen atoms in total. The predicted octanol–water partition coefficient (Wildman–Crippen LogP) is 4.46. The Bertz CT molecular complexity index is 989. The number of benzene rings is 4. The van der Waals surface area contributed by atoms with E-state index in [2.05, 4.69) is 101 Å². The third kappa shape index (κ3) is 5.21. The number of hydrogen-bond acceptors (Lipinski definition) is 3. The summed E-state index contributed by atoms with van der Waals surface area (Å²) in [6, 6.07) is 30.2. The van der Waals surface area contributed by atoms with E-state index in [0.29, 0.717) is 0 Å². The molecule has 0 saturated heterocycles. The average Bonchev–Trinajstić information content (AvgIpc) is 2.78. The van der Waals surface area contributed by atoms with Crippen LogP contribution in [0.2, 0.25) is 0 Å². The van der Waals surface area contributed by atoms with Crippen molar-refractivity contribution in [1.29, 1.82) is 0 Å². The molecule has 3 heteroatoms. The van der Waals surface area contributed by atoms with E-state index in [1.54, 1.807) is 0 Å². The van der Waals surface area contributed by atoms with Crippen molar-refractivity contribution in [2.75, 3.05) is 26.2 Å². The van der Waals surface area contributed by atoms with E-state index in [4.69, 9.17) is 0 Å². The van der Waals surface area contributed by atoms with Crippen LogP contribution in [0.15, 0.2) is 84.9 Å². The highest BCUT2D eigenvalue weighted by Gasteiger charge is 2.06. The van der Waals surface area contributed by atoms with Gasteiger partial charge in [-0.3, -0.25) is 0 Å². The third-order valence-corrected chi connectivity index (χ3v) is 5.31. The number of fused-ring (bicyclic) bond motifs is 2. The lowest BCUT2D eigenvalue weighted by atomic mass is 9.97. The zero-order valence-corrected chi connectivity index (χ0v) is 16.8. The summed E-state index contributed by atoms with van der Waals surface area (Å²) in [4.78, 5) is 0. The molecule has 0 aromatic heterocycles. The fourth-order valence-electron chi connectivity index (χ4n) is 3.82. The Morgan fingerprint density at radius 1 is 0.483 bits per heavy atom. The number of rotatable bonds is 10. The zero-order chi connectivity index (χ0) is 19.7. The van der Waals surface area contributed by atoms with Gasteiger partial charge in [-0.25, -0.2) is 0 Å². The maximum absolute atomic E-state index is 3.62. The Balaban J connectivity index is 1.23. The Labute approximate surface area is 173 Å². The Morgan fingerprint density at radius 3 is 1.66 bits per heavy atom. The topological polar surface area (TPSA) is 36.1 Å². The van der Waals surface area contributed by atoms with Gasteiger partial charge in [-0.05, 0) is 38.7 Å². The Hall–Kier alpha value is -2.72. The monoisotopic (exact) mass is 383 g/mol. The molecule has 29 heavy (non-hydrogen) atoms. The van der Waals surface area contributed by atoms with Crippen LogP contribution in [-0.2, 0) is 13.1 Å². The maximum atomic E-state index is 3.62. The van der Waals surface area contributed by atoms with Gasteiger partial charge in [0.05, 0.1) is 0 Å². The molecule has 0 aliphatic carbocycles. The van der Waals surface area contributed by atoms with Gasteiger partial charge in [0.2, 0.25) is 0 Å². The lowest BCUT2D eigenvalue weighted by Crippen LogP contribution is -2.32. The van der Waals surface area contributed by atoms with Crippen LogP contribution in [0.4, 0.5) is 0 Å². The molecule has 0 heterocycles. The van der Waals surface area contributed by atoms with Crippen molar-refractivity contribution in [3.63, 3.8) is 0 Å². The van der Waals surface area contributed by atoms with Crippen LogP contribution in [0.3, 0.4) is 0 Å². The van der Waals surface area contributed by atoms with Crippen LogP contribution in [-0.4, -0.2) is 26.2 Å². The van der Waals surface area contributed by atoms with Gasteiger partial charge in [0.1, 0.15) is 0 Å². The van der Waals surface area contributed by atoms with Crippen molar-refractivity contribution in [3.05, 3.63) is 96.1 Å². The molecule has 0 bridgehead atoms. The van der Waals surface area contributed by atoms with Gasteiger partial charge in [-0.15, -0.1) is 0 Å². The molecule has 4 aromatic rings. The summed E-state index contributed by atoms with van der Waals surface area (Å²) >= 11 is 0. The van der Waals surface area contributed by atoms with Gasteiger partial charge in [0.25, 0.3) is 0 Å². The molecule has 0 aliphatic rings. The molecule has 3 N–H and O–H groups in total. The van der Waals surface area contributed by atoms with E-state index in [9.17, 15) is 0 Å². The Kier molecular flexibility index (Phi) is 6.87. The van der Waals surface area contributed by atoms with Crippen LogP contribution in [0.5, 0.6) is 0 Å². The van der Waals surface area contributed by atoms with E-state index < -0.39 is 0 Å². The predicted molar refractivity (Wildman–Crippen MR) is 124 cm³/mol. The molecule has 0 atom stereocenters. The summed E-state index contributed by atoms with van der Waals surface area (Å²) in [5, 5.41) is 15.9. The molecule has 148 valence electrons. The molecule has 0 radical (unpaired) electrons. The van der Waals surface area contributed by atoms with E-state index in [1.807, 2.05) is 0 Å². The van der Waals surface area contributed by atoms with Gasteiger partial charge in [-0.2, -0.15) is 0 Å². The molecule has 0 amide bonds. The van der Waals surface area contributed by atoms with Crippen molar-refractivity contribution < 1.29 is 0 Å². The van der Waals surface area contributed by atoms with Crippen LogP contribution >= 0.6 is 0 Å². The van der Waals surface area contributed by atoms with Crippen molar-refractivity contribution in [1.82, 2.24) is 16.0 Å². The molecular formula is C26H29N3. The Morgan fingerprint density at radius 2 is 1.00 bits per heavy atom. The maximum Gasteiger partial charge on any atom is 0.0218 e. The summed E-state index contributed by atoms with van der Waals surface area (Å²) in [7, 11) is 0. The van der Waals surface area contributed by atoms with Gasteiger partial charge >= 0.3 is 0 Å². The van der Waals surface area contributed by atoms with Crippen LogP contribution in [0.25, 0.3) is 21.5 Å². The summed E-state index contributed by atoms with van der Waals surface area (Å²) in [5.74, 6) is 0. The molecule has 4 aromatic carbocycles. The average molecular weight is 384 g/mol. The highest BCUT2D eigenvalue weighted by atomic mass is 15.0. The van der Waals surface area contributed by atoms with Gasteiger partial charge in [0, 0.05) is 39.3 Å². The quantitative estimate of drug-likeness (QED) is 0.279. The SMILES string of the molecule is c1ccc(CNCCNCCNCc2c3ccccc3cc3ccccc23)cc1. The summed E-state index contributed by atoms with van der Waals surface area (Å²) < 4.78 is 0. The van der Waals surface area contributed by atoms with Gasteiger partial charge in [0.15, 0.2) is 0 Å². The minimum atomic E-state index is 0.885. The first-order chi connectivity index (χ1) is 14.4. The van der Waals surface area contributed by atoms with Crippen molar-refractivity contribution in [2.45, 2.75) is 13.1 Å². The second kappa shape index (κ2) is 10.2. The summed E-state index contributed by atoms with van der Waals surface area (Å²) in [6.45, 7) is 5.69. The minimum absolute atomic E-state index is 0.885. The van der Waals surface area contributed by atoms with E-state index in [-0.39, 0.29) is 0 Å². The van der Waals surface area contributed by atoms with E-state index in [1.165, 1.54) is 32.7 Å². The molecule has 0 fully saturated rings. The van der Waals surface area contributed by atoms with E-state index >= 15 is 0 Å². The minimum Gasteiger partial charge on any atom is -0.314 e. The lowest BCUT2D eigenvalue weighted by Gasteiger charge is -2.13. The molecule has 4 rings (SSSR count). The molecular weight excluding hydrogens is 354 g/mol. The lowest BCUT2D eigenvalue weighted by molar-refractivity contribution is 0.582. The van der Waals surface area contributed by atoms with Crippen LogP contribution < -0.4 is 16.0 Å². The van der Waals surface area contributed by atoms with E-state index in [0.717, 1.165) is 39.3 Å². The molecule has 0 unspecified atom stereocenters. The molecule has 0 saturated carbocycles.